The van der Waals surface area contributed by atoms with Gasteiger partial charge in [-0.2, -0.15) is 5.10 Å². The molecule has 1 aliphatic rings. The lowest BCUT2D eigenvalue weighted by Crippen LogP contribution is -2.19. The van der Waals surface area contributed by atoms with Crippen molar-refractivity contribution in [3.63, 3.8) is 0 Å². The molecule has 2 N–H and O–H groups in total. The Balaban J connectivity index is 1.93. The van der Waals surface area contributed by atoms with E-state index in [0.29, 0.717) is 4.47 Å². The van der Waals surface area contributed by atoms with E-state index in [0.717, 1.165) is 18.2 Å². The number of aromatic nitrogens is 2. The van der Waals surface area contributed by atoms with Crippen molar-refractivity contribution in [2.75, 3.05) is 11.9 Å². The van der Waals surface area contributed by atoms with E-state index in [1.807, 2.05) is 0 Å². The monoisotopic (exact) mass is 285 g/mol. The van der Waals surface area contributed by atoms with Crippen LogP contribution in [0.2, 0.25) is 0 Å². The van der Waals surface area contributed by atoms with E-state index in [4.69, 9.17) is 0 Å². The predicted octanol–water partition coefficient (Wildman–Crippen LogP) is 2.52. The van der Waals surface area contributed by atoms with Crippen molar-refractivity contribution >= 4 is 21.6 Å². The first-order chi connectivity index (χ1) is 7.77. The molecule has 2 rings (SSSR count). The van der Waals surface area contributed by atoms with Crippen LogP contribution in [0.25, 0.3) is 0 Å². The zero-order valence-electron chi connectivity index (χ0n) is 9.13. The molecule has 88 valence electrons. The summed E-state index contributed by atoms with van der Waals surface area (Å²) in [7, 11) is 0. The van der Waals surface area contributed by atoms with E-state index in [1.165, 1.54) is 32.1 Å². The molecule has 1 aliphatic carbocycles. The Morgan fingerprint density at radius 3 is 2.94 bits per heavy atom. The van der Waals surface area contributed by atoms with Crippen molar-refractivity contribution in [2.24, 2.45) is 5.92 Å². The maximum absolute atomic E-state index is 11.3. The second-order valence-corrected chi connectivity index (χ2v) is 5.10. The summed E-state index contributed by atoms with van der Waals surface area (Å²) in [6, 6.07) is 0. The van der Waals surface area contributed by atoms with Gasteiger partial charge in [0.05, 0.1) is 11.9 Å². The fourth-order valence-corrected chi connectivity index (χ4v) is 2.48. The average molecular weight is 286 g/mol. The van der Waals surface area contributed by atoms with E-state index in [2.05, 4.69) is 31.4 Å². The zero-order valence-corrected chi connectivity index (χ0v) is 10.7. The number of anilines is 1. The van der Waals surface area contributed by atoms with Gasteiger partial charge in [0.25, 0.3) is 5.56 Å². The topological polar surface area (TPSA) is 57.8 Å². The lowest BCUT2D eigenvalue weighted by atomic mass is 9.89. The van der Waals surface area contributed by atoms with E-state index < -0.39 is 0 Å². The minimum absolute atomic E-state index is 0.186. The number of nitrogens with one attached hydrogen (secondary N) is 2. The maximum Gasteiger partial charge on any atom is 0.280 e. The quantitative estimate of drug-likeness (QED) is 0.897. The normalized spacial score (nSPS) is 17.3. The molecule has 0 unspecified atom stereocenters. The third-order valence-corrected chi connectivity index (χ3v) is 3.89. The molecule has 0 saturated heterocycles. The van der Waals surface area contributed by atoms with Crippen LogP contribution in [0, 0.1) is 5.92 Å². The highest BCUT2D eigenvalue weighted by molar-refractivity contribution is 9.10. The van der Waals surface area contributed by atoms with E-state index in [1.54, 1.807) is 6.20 Å². The van der Waals surface area contributed by atoms with Crippen LogP contribution < -0.4 is 10.9 Å². The average Bonchev–Trinajstić information content (AvgIpc) is 2.32. The van der Waals surface area contributed by atoms with Crippen molar-refractivity contribution < 1.29 is 0 Å². The van der Waals surface area contributed by atoms with Crippen LogP contribution in [0.1, 0.15) is 32.1 Å². The Kier molecular flexibility index (Phi) is 3.98. The van der Waals surface area contributed by atoms with Gasteiger partial charge >= 0.3 is 0 Å². The fraction of sp³-hybridized carbons (Fsp3) is 0.636. The van der Waals surface area contributed by atoms with Gasteiger partial charge in [-0.3, -0.25) is 4.79 Å². The molecule has 4 nitrogen and oxygen atoms in total. The third kappa shape index (κ3) is 2.84. The highest BCUT2D eigenvalue weighted by atomic mass is 79.9. The van der Waals surface area contributed by atoms with Gasteiger partial charge in [0, 0.05) is 6.54 Å². The Morgan fingerprint density at radius 1 is 1.44 bits per heavy atom. The second-order valence-electron chi connectivity index (χ2n) is 4.31. The molecule has 0 aliphatic heterocycles. The number of H-pyrrole nitrogens is 1. The largest absolute Gasteiger partial charge is 0.382 e. The minimum atomic E-state index is -0.186. The number of hydrogen-bond donors (Lipinski definition) is 2. The first-order valence-corrected chi connectivity index (χ1v) is 6.53. The highest BCUT2D eigenvalue weighted by Gasteiger charge is 2.13. The number of halogens is 1. The molecular formula is C11H16BrN3O. The number of rotatable bonds is 3. The molecule has 0 atom stereocenters. The van der Waals surface area contributed by atoms with Gasteiger partial charge in [-0.25, -0.2) is 5.10 Å². The van der Waals surface area contributed by atoms with Crippen molar-refractivity contribution in [1.29, 1.82) is 0 Å². The molecule has 1 fully saturated rings. The third-order valence-electron chi connectivity index (χ3n) is 3.10. The molecule has 16 heavy (non-hydrogen) atoms. The summed E-state index contributed by atoms with van der Waals surface area (Å²) in [6.45, 7) is 0.934. The van der Waals surface area contributed by atoms with Gasteiger partial charge in [-0.1, -0.05) is 19.3 Å². The van der Waals surface area contributed by atoms with Gasteiger partial charge in [0.1, 0.15) is 4.47 Å². The molecule has 1 saturated carbocycles. The summed E-state index contributed by atoms with van der Waals surface area (Å²) < 4.78 is 0.540. The van der Waals surface area contributed by atoms with Gasteiger partial charge in [-0.05, 0) is 34.7 Å². The fourth-order valence-electron chi connectivity index (χ4n) is 2.15. The summed E-state index contributed by atoms with van der Waals surface area (Å²) in [6.07, 6.45) is 8.27. The van der Waals surface area contributed by atoms with Crippen LogP contribution in [0.3, 0.4) is 0 Å². The Hall–Kier alpha value is -0.840. The molecular weight excluding hydrogens is 270 g/mol. The smallest absolute Gasteiger partial charge is 0.280 e. The molecule has 0 amide bonds. The Bertz CT molecular complexity index is 398. The molecule has 1 aromatic heterocycles. The van der Waals surface area contributed by atoms with Gasteiger partial charge in [0.15, 0.2) is 0 Å². The van der Waals surface area contributed by atoms with Gasteiger partial charge in [0.2, 0.25) is 0 Å². The maximum atomic E-state index is 11.3. The molecule has 1 aromatic rings. The predicted molar refractivity (Wildman–Crippen MR) is 67.6 cm³/mol. The molecule has 0 bridgehead atoms. The second kappa shape index (κ2) is 5.48. The van der Waals surface area contributed by atoms with Gasteiger partial charge in [-0.15, -0.1) is 0 Å². The Morgan fingerprint density at radius 2 is 2.19 bits per heavy atom. The molecule has 5 heteroatoms. The number of aromatic amines is 1. The van der Waals surface area contributed by atoms with Crippen LogP contribution in [0.4, 0.5) is 5.69 Å². The van der Waals surface area contributed by atoms with E-state index >= 15 is 0 Å². The van der Waals surface area contributed by atoms with Crippen LogP contribution in [-0.2, 0) is 0 Å². The first kappa shape index (κ1) is 11.6. The Labute approximate surface area is 103 Å². The van der Waals surface area contributed by atoms with Crippen LogP contribution in [0.15, 0.2) is 15.5 Å². The first-order valence-electron chi connectivity index (χ1n) is 5.74. The molecule has 0 aromatic carbocycles. The molecule has 0 radical (unpaired) electrons. The SMILES string of the molecule is O=c1[nH]ncc(NCC2CCCCC2)c1Br. The van der Waals surface area contributed by atoms with Crippen LogP contribution >= 0.6 is 15.9 Å². The summed E-state index contributed by atoms with van der Waals surface area (Å²) in [5.41, 5.74) is 0.600. The van der Waals surface area contributed by atoms with E-state index in [9.17, 15) is 4.79 Å². The van der Waals surface area contributed by atoms with Crippen LogP contribution in [-0.4, -0.2) is 16.7 Å². The number of nitrogens with zero attached hydrogens (tertiary/aromatic N) is 1. The number of hydrogen-bond acceptors (Lipinski definition) is 3. The lowest BCUT2D eigenvalue weighted by molar-refractivity contribution is 0.373. The summed E-state index contributed by atoms with van der Waals surface area (Å²) in [5, 5.41) is 9.46. The van der Waals surface area contributed by atoms with Crippen molar-refractivity contribution in [1.82, 2.24) is 10.2 Å². The van der Waals surface area contributed by atoms with Crippen LogP contribution in [0.5, 0.6) is 0 Å². The zero-order chi connectivity index (χ0) is 11.4. The molecule has 0 spiro atoms. The van der Waals surface area contributed by atoms with Gasteiger partial charge < -0.3 is 5.32 Å². The highest BCUT2D eigenvalue weighted by Crippen LogP contribution is 2.24. The lowest BCUT2D eigenvalue weighted by Gasteiger charge is -2.22. The summed E-state index contributed by atoms with van der Waals surface area (Å²) >= 11 is 3.26. The molecule has 1 heterocycles. The summed E-state index contributed by atoms with van der Waals surface area (Å²) in [5.74, 6) is 0.736. The van der Waals surface area contributed by atoms with Crippen molar-refractivity contribution in [3.05, 3.63) is 21.0 Å². The van der Waals surface area contributed by atoms with E-state index in [-0.39, 0.29) is 5.56 Å². The van der Waals surface area contributed by atoms with Crippen molar-refractivity contribution in [3.8, 4) is 0 Å². The summed E-state index contributed by atoms with van der Waals surface area (Å²) in [4.78, 5) is 11.3. The standard InChI is InChI=1S/C11H16BrN3O/c12-10-9(7-14-15-11(10)16)13-6-8-4-2-1-3-5-8/h7-8H,1-6H2,(H2,13,15,16). The minimum Gasteiger partial charge on any atom is -0.382 e. The van der Waals surface area contributed by atoms with Crippen molar-refractivity contribution in [2.45, 2.75) is 32.1 Å².